The highest BCUT2D eigenvalue weighted by Gasteiger charge is 2.35. The fraction of sp³-hybridized carbons (Fsp3) is 0.650. The zero-order chi connectivity index (χ0) is 16.9. The first-order chi connectivity index (χ1) is 11.7. The Bertz CT molecular complexity index is 570. The van der Waals surface area contributed by atoms with Gasteiger partial charge in [-0.3, -0.25) is 4.99 Å². The third-order valence-corrected chi connectivity index (χ3v) is 5.66. The molecule has 4 heteroatoms. The maximum Gasteiger partial charge on any atom is 0.193 e. The molecule has 1 aromatic carbocycles. The predicted octanol–water partition coefficient (Wildman–Crippen LogP) is 3.24. The Hall–Kier alpha value is -1.71. The van der Waals surface area contributed by atoms with Gasteiger partial charge in [-0.1, -0.05) is 25.0 Å². The fourth-order valence-electron chi connectivity index (χ4n) is 4.25. The summed E-state index contributed by atoms with van der Waals surface area (Å²) in [4.78, 5) is 6.98. The minimum Gasteiger partial charge on any atom is -0.496 e. The number of hydrogen-bond acceptors (Lipinski definition) is 2. The molecule has 1 aliphatic carbocycles. The van der Waals surface area contributed by atoms with Crippen LogP contribution in [0.5, 0.6) is 5.75 Å². The van der Waals surface area contributed by atoms with Gasteiger partial charge in [0.25, 0.3) is 0 Å². The van der Waals surface area contributed by atoms with Crippen LogP contribution in [0, 0.1) is 18.8 Å². The smallest absolute Gasteiger partial charge is 0.193 e. The van der Waals surface area contributed by atoms with Crippen LogP contribution in [0.1, 0.15) is 36.8 Å². The van der Waals surface area contributed by atoms with Gasteiger partial charge < -0.3 is 15.0 Å². The first kappa shape index (κ1) is 17.1. The molecule has 1 saturated carbocycles. The van der Waals surface area contributed by atoms with Crippen LogP contribution in [0.25, 0.3) is 0 Å². The lowest BCUT2D eigenvalue weighted by molar-refractivity contribution is 0.299. The van der Waals surface area contributed by atoms with E-state index in [2.05, 4.69) is 40.3 Å². The van der Waals surface area contributed by atoms with E-state index in [9.17, 15) is 0 Å². The molecule has 2 unspecified atom stereocenters. The van der Waals surface area contributed by atoms with Gasteiger partial charge in [0.2, 0.25) is 0 Å². The van der Waals surface area contributed by atoms with Crippen LogP contribution in [0.3, 0.4) is 0 Å². The van der Waals surface area contributed by atoms with Crippen LogP contribution >= 0.6 is 0 Å². The average Bonchev–Trinajstić information content (AvgIpc) is 3.03. The Morgan fingerprint density at radius 1 is 1.25 bits per heavy atom. The minimum absolute atomic E-state index is 0.888. The zero-order valence-corrected chi connectivity index (χ0v) is 15.3. The number of aryl methyl sites for hydroxylation is 1. The molecule has 132 valence electrons. The van der Waals surface area contributed by atoms with Gasteiger partial charge in [-0.05, 0) is 55.2 Å². The molecule has 0 bridgehead atoms. The summed E-state index contributed by atoms with van der Waals surface area (Å²) in [6.07, 6.45) is 6.62. The lowest BCUT2D eigenvalue weighted by Gasteiger charge is -2.22. The Labute approximate surface area is 146 Å². The summed E-state index contributed by atoms with van der Waals surface area (Å²) in [6, 6.07) is 6.46. The number of methoxy groups -OCH3 is 1. The van der Waals surface area contributed by atoms with Crippen molar-refractivity contribution in [3.8, 4) is 5.75 Å². The Morgan fingerprint density at radius 2 is 1.96 bits per heavy atom. The van der Waals surface area contributed by atoms with E-state index in [1.807, 2.05) is 7.05 Å². The second-order valence-electron chi connectivity index (χ2n) is 7.24. The van der Waals surface area contributed by atoms with Crippen molar-refractivity contribution in [3.63, 3.8) is 0 Å². The SMILES string of the molecule is CN=C(NCCc1ccc(C)c(OC)c1)N1CC2CCCCC2C1. The number of likely N-dealkylation sites (tertiary alicyclic amines) is 1. The molecular weight excluding hydrogens is 298 g/mol. The van der Waals surface area contributed by atoms with Crippen molar-refractivity contribution in [2.24, 2.45) is 16.8 Å². The highest BCUT2D eigenvalue weighted by atomic mass is 16.5. The second-order valence-corrected chi connectivity index (χ2v) is 7.24. The molecule has 0 spiro atoms. The fourth-order valence-corrected chi connectivity index (χ4v) is 4.25. The zero-order valence-electron chi connectivity index (χ0n) is 15.3. The van der Waals surface area contributed by atoms with Crippen molar-refractivity contribution in [1.29, 1.82) is 0 Å². The minimum atomic E-state index is 0.888. The number of guanidine groups is 1. The van der Waals surface area contributed by atoms with E-state index in [-0.39, 0.29) is 0 Å². The van der Waals surface area contributed by atoms with Crippen molar-refractivity contribution >= 4 is 5.96 Å². The molecule has 2 fully saturated rings. The Balaban J connectivity index is 1.51. The second kappa shape index (κ2) is 7.91. The lowest BCUT2D eigenvalue weighted by atomic mass is 9.82. The van der Waals surface area contributed by atoms with E-state index in [1.54, 1.807) is 7.11 Å². The summed E-state index contributed by atoms with van der Waals surface area (Å²) in [5.41, 5.74) is 2.49. The summed E-state index contributed by atoms with van der Waals surface area (Å²) in [5.74, 6) is 3.82. The summed E-state index contributed by atoms with van der Waals surface area (Å²) in [5, 5.41) is 3.56. The normalized spacial score (nSPS) is 24.0. The number of benzene rings is 1. The van der Waals surface area contributed by atoms with E-state index in [0.717, 1.165) is 36.5 Å². The van der Waals surface area contributed by atoms with E-state index < -0.39 is 0 Å². The Morgan fingerprint density at radius 3 is 2.58 bits per heavy atom. The van der Waals surface area contributed by atoms with Crippen LogP contribution in [0.2, 0.25) is 0 Å². The monoisotopic (exact) mass is 329 g/mol. The quantitative estimate of drug-likeness (QED) is 0.680. The molecule has 1 N–H and O–H groups in total. The first-order valence-electron chi connectivity index (χ1n) is 9.30. The summed E-state index contributed by atoms with van der Waals surface area (Å²) in [6.45, 7) is 5.35. The summed E-state index contributed by atoms with van der Waals surface area (Å²) in [7, 11) is 3.64. The van der Waals surface area contributed by atoms with Crippen LogP contribution in [-0.4, -0.2) is 44.7 Å². The molecule has 0 radical (unpaired) electrons. The summed E-state index contributed by atoms with van der Waals surface area (Å²) >= 11 is 0. The lowest BCUT2D eigenvalue weighted by Crippen LogP contribution is -2.41. The van der Waals surface area contributed by atoms with E-state index >= 15 is 0 Å². The number of fused-ring (bicyclic) bond motifs is 1. The molecule has 0 amide bonds. The molecule has 2 atom stereocenters. The number of rotatable bonds is 4. The van der Waals surface area contributed by atoms with Crippen LogP contribution in [0.15, 0.2) is 23.2 Å². The highest BCUT2D eigenvalue weighted by molar-refractivity contribution is 5.80. The number of aliphatic imine (C=N–C) groups is 1. The topological polar surface area (TPSA) is 36.9 Å². The van der Waals surface area contributed by atoms with Crippen LogP contribution in [-0.2, 0) is 6.42 Å². The first-order valence-corrected chi connectivity index (χ1v) is 9.30. The molecule has 4 nitrogen and oxygen atoms in total. The van der Waals surface area contributed by atoms with Gasteiger partial charge in [0.05, 0.1) is 7.11 Å². The number of hydrogen-bond donors (Lipinski definition) is 1. The average molecular weight is 329 g/mol. The van der Waals surface area contributed by atoms with Crippen molar-refractivity contribution in [3.05, 3.63) is 29.3 Å². The molecule has 3 rings (SSSR count). The largest absolute Gasteiger partial charge is 0.496 e. The maximum absolute atomic E-state index is 5.42. The van der Waals surface area contributed by atoms with E-state index in [0.29, 0.717) is 0 Å². The molecule has 2 aliphatic rings. The van der Waals surface area contributed by atoms with Gasteiger partial charge in [0, 0.05) is 26.7 Å². The van der Waals surface area contributed by atoms with Gasteiger partial charge in [0.1, 0.15) is 5.75 Å². The maximum atomic E-state index is 5.42. The molecule has 1 heterocycles. The number of ether oxygens (including phenoxy) is 1. The number of nitrogens with zero attached hydrogens (tertiary/aromatic N) is 2. The van der Waals surface area contributed by atoms with Crippen LogP contribution < -0.4 is 10.1 Å². The molecule has 1 aliphatic heterocycles. The standard InChI is InChI=1S/C20H31N3O/c1-15-8-9-16(12-19(15)24-3)10-11-22-20(21-2)23-13-17-6-4-5-7-18(17)14-23/h8-9,12,17-18H,4-7,10-11,13-14H2,1-3H3,(H,21,22). The van der Waals surface area contributed by atoms with Crippen LogP contribution in [0.4, 0.5) is 0 Å². The molecular formula is C20H31N3O. The predicted molar refractivity (Wildman–Crippen MR) is 99.8 cm³/mol. The Kier molecular flexibility index (Phi) is 5.64. The van der Waals surface area contributed by atoms with Gasteiger partial charge in [0.15, 0.2) is 5.96 Å². The van der Waals surface area contributed by atoms with Gasteiger partial charge in [-0.2, -0.15) is 0 Å². The van der Waals surface area contributed by atoms with Gasteiger partial charge in [-0.25, -0.2) is 0 Å². The van der Waals surface area contributed by atoms with Gasteiger partial charge in [-0.15, -0.1) is 0 Å². The summed E-state index contributed by atoms with van der Waals surface area (Å²) < 4.78 is 5.42. The molecule has 0 aromatic heterocycles. The van der Waals surface area contributed by atoms with E-state index in [4.69, 9.17) is 4.74 Å². The third kappa shape index (κ3) is 3.85. The van der Waals surface area contributed by atoms with Crippen molar-refractivity contribution in [1.82, 2.24) is 10.2 Å². The highest BCUT2D eigenvalue weighted by Crippen LogP contribution is 2.35. The van der Waals surface area contributed by atoms with Crippen molar-refractivity contribution in [2.45, 2.75) is 39.0 Å². The van der Waals surface area contributed by atoms with Crippen molar-refractivity contribution < 1.29 is 4.74 Å². The molecule has 24 heavy (non-hydrogen) atoms. The number of nitrogens with one attached hydrogen (secondary N) is 1. The van der Waals surface area contributed by atoms with Gasteiger partial charge >= 0.3 is 0 Å². The molecule has 1 aromatic rings. The van der Waals surface area contributed by atoms with Crippen molar-refractivity contribution in [2.75, 3.05) is 33.8 Å². The van der Waals surface area contributed by atoms with E-state index in [1.165, 1.54) is 49.9 Å². The molecule has 1 saturated heterocycles. The third-order valence-electron chi connectivity index (χ3n) is 5.66.